The molecule has 1 aromatic carbocycles. The van der Waals surface area contributed by atoms with Crippen molar-refractivity contribution in [3.05, 3.63) is 23.5 Å². The van der Waals surface area contributed by atoms with Gasteiger partial charge in [-0.05, 0) is 25.0 Å². The summed E-state index contributed by atoms with van der Waals surface area (Å²) >= 11 is 0. The summed E-state index contributed by atoms with van der Waals surface area (Å²) in [6.07, 6.45) is 3.36. The molecule has 0 atom stereocenters. The number of carbonyl (C=O) groups is 1. The molecule has 0 aliphatic heterocycles. The van der Waals surface area contributed by atoms with E-state index in [0.717, 1.165) is 18.9 Å². The lowest BCUT2D eigenvalue weighted by molar-refractivity contribution is 0.0558. The maximum atomic E-state index is 14.0. The number of nitrogens with two attached hydrogens (primary N) is 2. The highest BCUT2D eigenvalue weighted by Gasteiger charge is 2.33. The van der Waals surface area contributed by atoms with Gasteiger partial charge in [-0.15, -0.1) is 0 Å². The van der Waals surface area contributed by atoms with Crippen LogP contribution < -0.4 is 16.4 Å². The van der Waals surface area contributed by atoms with E-state index in [1.807, 2.05) is 0 Å². The Hall–Kier alpha value is -1.82. The number of benzene rings is 1. The molecule has 1 fully saturated rings. The van der Waals surface area contributed by atoms with Crippen molar-refractivity contribution in [2.45, 2.75) is 31.3 Å². The Morgan fingerprint density at radius 3 is 2.60 bits per heavy atom. The quantitative estimate of drug-likeness (QED) is 0.724. The maximum absolute atomic E-state index is 14.0. The number of nitrogen functional groups attached to an aromatic ring is 1. The summed E-state index contributed by atoms with van der Waals surface area (Å²) in [6, 6.07) is 2.43. The summed E-state index contributed by atoms with van der Waals surface area (Å²) in [6.45, 7) is 0.312. The molecule has 5 N–H and O–H groups in total. The van der Waals surface area contributed by atoms with E-state index in [0.29, 0.717) is 19.4 Å². The number of likely N-dealkylation sites (N-methyl/N-ethyl adjacent to an activating group) is 1. The summed E-state index contributed by atoms with van der Waals surface area (Å²) in [7, 11) is 1.68. The average Bonchev–Trinajstić information content (AvgIpc) is 2.74. The lowest BCUT2D eigenvalue weighted by atomic mass is 10.0. The zero-order valence-corrected chi connectivity index (χ0v) is 11.5. The van der Waals surface area contributed by atoms with Crippen LogP contribution in [0.3, 0.4) is 0 Å². The van der Waals surface area contributed by atoms with Crippen molar-refractivity contribution in [1.29, 1.82) is 0 Å². The standard InChI is InChI=1S/C14H20FN3O2/c1-18(8-14(20)4-2-3-5-14)12-6-9(13(17)19)11(16)7-10(12)15/h6-7,20H,2-5,8,16H2,1H3,(H2,17,19). The smallest absolute Gasteiger partial charge is 0.250 e. The van der Waals surface area contributed by atoms with Crippen molar-refractivity contribution in [2.24, 2.45) is 5.73 Å². The van der Waals surface area contributed by atoms with E-state index in [2.05, 4.69) is 0 Å². The zero-order chi connectivity index (χ0) is 14.9. The Morgan fingerprint density at radius 2 is 2.05 bits per heavy atom. The van der Waals surface area contributed by atoms with Crippen molar-refractivity contribution >= 4 is 17.3 Å². The summed E-state index contributed by atoms with van der Waals surface area (Å²) < 4.78 is 14.0. The minimum Gasteiger partial charge on any atom is -0.398 e. The lowest BCUT2D eigenvalue weighted by Crippen LogP contribution is -2.39. The van der Waals surface area contributed by atoms with Gasteiger partial charge in [0.25, 0.3) is 5.91 Å². The van der Waals surface area contributed by atoms with Crippen LogP contribution >= 0.6 is 0 Å². The third-order valence-electron chi connectivity index (χ3n) is 3.86. The molecule has 0 aromatic heterocycles. The second kappa shape index (κ2) is 5.28. The van der Waals surface area contributed by atoms with Crippen molar-refractivity contribution in [2.75, 3.05) is 24.2 Å². The molecule has 0 spiro atoms. The Labute approximate surface area is 117 Å². The third kappa shape index (κ3) is 2.85. The molecule has 1 aromatic rings. The van der Waals surface area contributed by atoms with Gasteiger partial charge in [0.1, 0.15) is 5.82 Å². The first-order chi connectivity index (χ1) is 9.32. The predicted molar refractivity (Wildman–Crippen MR) is 76.0 cm³/mol. The fraction of sp³-hybridized carbons (Fsp3) is 0.500. The molecular weight excluding hydrogens is 261 g/mol. The largest absolute Gasteiger partial charge is 0.398 e. The SMILES string of the molecule is CN(CC1(O)CCCC1)c1cc(C(N)=O)c(N)cc1F. The fourth-order valence-corrected chi connectivity index (χ4v) is 2.80. The summed E-state index contributed by atoms with van der Waals surface area (Å²) in [4.78, 5) is 12.9. The molecule has 1 aliphatic carbocycles. The third-order valence-corrected chi connectivity index (χ3v) is 3.86. The van der Waals surface area contributed by atoms with E-state index < -0.39 is 17.3 Å². The van der Waals surface area contributed by atoms with Crippen LogP contribution in [-0.2, 0) is 0 Å². The van der Waals surface area contributed by atoms with Crippen molar-refractivity contribution in [3.63, 3.8) is 0 Å². The van der Waals surface area contributed by atoms with Crippen LogP contribution in [0.2, 0.25) is 0 Å². The molecule has 2 rings (SSSR count). The van der Waals surface area contributed by atoms with Crippen LogP contribution in [-0.4, -0.2) is 30.2 Å². The molecule has 1 aliphatic rings. The van der Waals surface area contributed by atoms with Gasteiger partial charge in [0.05, 0.1) is 16.9 Å². The second-order valence-electron chi connectivity index (χ2n) is 5.54. The first-order valence-corrected chi connectivity index (χ1v) is 6.65. The van der Waals surface area contributed by atoms with Crippen molar-refractivity contribution < 1.29 is 14.3 Å². The van der Waals surface area contributed by atoms with Gasteiger partial charge in [0.15, 0.2) is 0 Å². The van der Waals surface area contributed by atoms with Crippen molar-refractivity contribution in [3.8, 4) is 0 Å². The Kier molecular flexibility index (Phi) is 3.85. The highest BCUT2D eigenvalue weighted by Crippen LogP contribution is 2.32. The number of carbonyl (C=O) groups excluding carboxylic acids is 1. The molecular formula is C14H20FN3O2. The molecule has 20 heavy (non-hydrogen) atoms. The van der Waals surface area contributed by atoms with Gasteiger partial charge >= 0.3 is 0 Å². The van der Waals surface area contributed by atoms with Gasteiger partial charge in [0, 0.05) is 19.3 Å². The monoisotopic (exact) mass is 281 g/mol. The van der Waals surface area contributed by atoms with Gasteiger partial charge in [-0.3, -0.25) is 4.79 Å². The Bertz CT molecular complexity index is 527. The summed E-state index contributed by atoms with van der Waals surface area (Å²) in [5, 5.41) is 10.4. The molecule has 5 nitrogen and oxygen atoms in total. The number of primary amides is 1. The van der Waals surface area contributed by atoms with E-state index in [4.69, 9.17) is 11.5 Å². The van der Waals surface area contributed by atoms with Gasteiger partial charge < -0.3 is 21.5 Å². The normalized spacial score (nSPS) is 17.1. The van der Waals surface area contributed by atoms with Crippen LogP contribution in [0.25, 0.3) is 0 Å². The minimum absolute atomic E-state index is 0.0201. The molecule has 0 unspecified atom stereocenters. The van der Waals surface area contributed by atoms with Crippen LogP contribution in [0, 0.1) is 5.82 Å². The summed E-state index contributed by atoms with van der Waals surface area (Å²) in [5.41, 5.74) is 10.3. The lowest BCUT2D eigenvalue weighted by Gasteiger charge is -2.30. The number of amides is 1. The minimum atomic E-state index is -0.796. The number of hydrogen-bond acceptors (Lipinski definition) is 4. The Morgan fingerprint density at radius 1 is 1.45 bits per heavy atom. The molecule has 1 saturated carbocycles. The molecule has 0 bridgehead atoms. The molecule has 1 amide bonds. The van der Waals surface area contributed by atoms with Gasteiger partial charge in [-0.25, -0.2) is 4.39 Å². The topological polar surface area (TPSA) is 92.6 Å². The molecule has 0 radical (unpaired) electrons. The second-order valence-corrected chi connectivity index (χ2v) is 5.54. The number of nitrogens with zero attached hydrogens (tertiary/aromatic N) is 1. The van der Waals surface area contributed by atoms with Crippen LogP contribution in [0.4, 0.5) is 15.8 Å². The van der Waals surface area contributed by atoms with Gasteiger partial charge in [0.2, 0.25) is 0 Å². The van der Waals surface area contributed by atoms with E-state index in [9.17, 15) is 14.3 Å². The van der Waals surface area contributed by atoms with Gasteiger partial charge in [-0.1, -0.05) is 12.8 Å². The molecule has 0 saturated heterocycles. The predicted octanol–water partition coefficient (Wildman–Crippen LogP) is 1.25. The maximum Gasteiger partial charge on any atom is 0.250 e. The number of aliphatic hydroxyl groups is 1. The first kappa shape index (κ1) is 14.6. The van der Waals surface area contributed by atoms with E-state index in [-0.39, 0.29) is 16.9 Å². The molecule has 0 heterocycles. The van der Waals surface area contributed by atoms with E-state index in [1.54, 1.807) is 11.9 Å². The first-order valence-electron chi connectivity index (χ1n) is 6.65. The van der Waals surface area contributed by atoms with Crippen LogP contribution in [0.15, 0.2) is 12.1 Å². The average molecular weight is 281 g/mol. The number of anilines is 2. The highest BCUT2D eigenvalue weighted by molar-refractivity contribution is 5.99. The van der Waals surface area contributed by atoms with Crippen LogP contribution in [0.5, 0.6) is 0 Å². The van der Waals surface area contributed by atoms with Gasteiger partial charge in [-0.2, -0.15) is 0 Å². The van der Waals surface area contributed by atoms with E-state index in [1.165, 1.54) is 6.07 Å². The number of rotatable bonds is 4. The fourth-order valence-electron chi connectivity index (χ4n) is 2.80. The highest BCUT2D eigenvalue weighted by atomic mass is 19.1. The summed E-state index contributed by atoms with van der Waals surface area (Å²) in [5.74, 6) is -1.23. The zero-order valence-electron chi connectivity index (χ0n) is 11.5. The molecule has 110 valence electrons. The van der Waals surface area contributed by atoms with Crippen molar-refractivity contribution in [1.82, 2.24) is 0 Å². The van der Waals surface area contributed by atoms with Crippen LogP contribution in [0.1, 0.15) is 36.0 Å². The molecule has 6 heteroatoms. The number of hydrogen-bond donors (Lipinski definition) is 3. The Balaban J connectivity index is 2.27. The number of halogens is 1. The van der Waals surface area contributed by atoms with E-state index >= 15 is 0 Å².